The summed E-state index contributed by atoms with van der Waals surface area (Å²) in [5.74, 6) is 0. The normalized spacial score (nSPS) is 12.6. The fourth-order valence-corrected chi connectivity index (χ4v) is 2.65. The fourth-order valence-electron chi connectivity index (χ4n) is 1.50. The second-order valence-corrected chi connectivity index (χ2v) is 5.01. The van der Waals surface area contributed by atoms with E-state index in [-0.39, 0.29) is 6.04 Å². The van der Waals surface area contributed by atoms with Gasteiger partial charge in [0.2, 0.25) is 0 Å². The zero-order chi connectivity index (χ0) is 11.4. The van der Waals surface area contributed by atoms with Crippen LogP contribution in [-0.2, 0) is 0 Å². The average Bonchev–Trinajstić information content (AvgIpc) is 2.74. The van der Waals surface area contributed by atoms with Crippen LogP contribution in [0.1, 0.15) is 23.5 Å². The summed E-state index contributed by atoms with van der Waals surface area (Å²) >= 11 is 7.51. The molecule has 0 aromatic carbocycles. The van der Waals surface area contributed by atoms with Gasteiger partial charge in [-0.1, -0.05) is 18.5 Å². The van der Waals surface area contributed by atoms with Crippen molar-refractivity contribution in [1.29, 1.82) is 0 Å². The molecule has 2 aromatic rings. The number of halogens is 1. The minimum absolute atomic E-state index is 0.0798. The van der Waals surface area contributed by atoms with E-state index in [2.05, 4.69) is 22.2 Å². The highest BCUT2D eigenvalue weighted by atomic mass is 35.5. The summed E-state index contributed by atoms with van der Waals surface area (Å²) in [7, 11) is 0. The number of nitrogens with one attached hydrogen (secondary N) is 1. The van der Waals surface area contributed by atoms with Crippen LogP contribution in [-0.4, -0.2) is 16.5 Å². The maximum Gasteiger partial charge on any atom is 0.0931 e. The van der Waals surface area contributed by atoms with Crippen molar-refractivity contribution in [3.63, 3.8) is 0 Å². The van der Waals surface area contributed by atoms with Crippen molar-refractivity contribution in [2.45, 2.75) is 13.0 Å². The van der Waals surface area contributed by atoms with Gasteiger partial charge in [0.15, 0.2) is 0 Å². The Morgan fingerprint density at radius 2 is 2.31 bits per heavy atom. The van der Waals surface area contributed by atoms with Gasteiger partial charge < -0.3 is 5.32 Å². The van der Waals surface area contributed by atoms with E-state index in [9.17, 15) is 0 Å². The molecular formula is C11H12ClN3S. The molecule has 1 N–H and O–H groups in total. The highest BCUT2D eigenvalue weighted by molar-refractivity contribution is 7.16. The molecule has 2 heterocycles. The Labute approximate surface area is 104 Å². The van der Waals surface area contributed by atoms with Crippen LogP contribution in [0.15, 0.2) is 30.7 Å². The second-order valence-electron chi connectivity index (χ2n) is 3.26. The van der Waals surface area contributed by atoms with Crippen LogP contribution in [0.3, 0.4) is 0 Å². The summed E-state index contributed by atoms with van der Waals surface area (Å²) in [5, 5.41) is 3.38. The molecule has 0 saturated carbocycles. The van der Waals surface area contributed by atoms with Crippen LogP contribution in [0.5, 0.6) is 0 Å². The lowest BCUT2D eigenvalue weighted by Crippen LogP contribution is -2.22. The number of aromatic nitrogens is 2. The minimum Gasteiger partial charge on any atom is -0.305 e. The quantitative estimate of drug-likeness (QED) is 0.911. The lowest BCUT2D eigenvalue weighted by molar-refractivity contribution is 0.621. The molecule has 0 radical (unpaired) electrons. The van der Waals surface area contributed by atoms with Gasteiger partial charge in [0.05, 0.1) is 22.3 Å². The van der Waals surface area contributed by atoms with E-state index < -0.39 is 0 Å². The largest absolute Gasteiger partial charge is 0.305 e. The van der Waals surface area contributed by atoms with Crippen LogP contribution in [0.25, 0.3) is 0 Å². The van der Waals surface area contributed by atoms with Crippen molar-refractivity contribution in [1.82, 2.24) is 15.3 Å². The number of thiophene rings is 1. The molecule has 0 spiro atoms. The van der Waals surface area contributed by atoms with Gasteiger partial charge >= 0.3 is 0 Å². The zero-order valence-electron chi connectivity index (χ0n) is 8.85. The third-order valence-electron chi connectivity index (χ3n) is 2.17. The minimum atomic E-state index is 0.0798. The van der Waals surface area contributed by atoms with Gasteiger partial charge in [0.25, 0.3) is 0 Å². The summed E-state index contributed by atoms with van der Waals surface area (Å²) in [6.07, 6.45) is 5.16. The van der Waals surface area contributed by atoms with E-state index in [1.165, 1.54) is 0 Å². The van der Waals surface area contributed by atoms with Gasteiger partial charge in [-0.15, -0.1) is 11.3 Å². The molecule has 16 heavy (non-hydrogen) atoms. The zero-order valence-corrected chi connectivity index (χ0v) is 10.4. The molecule has 0 fully saturated rings. The highest BCUT2D eigenvalue weighted by Gasteiger charge is 2.16. The molecule has 1 unspecified atom stereocenters. The molecule has 2 rings (SSSR count). The van der Waals surface area contributed by atoms with E-state index in [4.69, 9.17) is 11.6 Å². The summed E-state index contributed by atoms with van der Waals surface area (Å²) in [6, 6.07) is 4.01. The van der Waals surface area contributed by atoms with Crippen molar-refractivity contribution in [3.05, 3.63) is 45.6 Å². The first-order chi connectivity index (χ1) is 7.81. The van der Waals surface area contributed by atoms with Crippen molar-refractivity contribution < 1.29 is 0 Å². The van der Waals surface area contributed by atoms with Gasteiger partial charge in [-0.05, 0) is 18.7 Å². The summed E-state index contributed by atoms with van der Waals surface area (Å²) in [5.41, 5.74) is 0.919. The Morgan fingerprint density at radius 1 is 1.44 bits per heavy atom. The molecule has 3 nitrogen and oxygen atoms in total. The summed E-state index contributed by atoms with van der Waals surface area (Å²) < 4.78 is 0.793. The van der Waals surface area contributed by atoms with Crippen LogP contribution in [0.2, 0.25) is 4.34 Å². The Bertz CT molecular complexity index is 444. The molecule has 84 valence electrons. The number of rotatable bonds is 4. The number of hydrogen-bond donors (Lipinski definition) is 1. The SMILES string of the molecule is CCNC(c1cnccn1)c1ccc(Cl)s1. The van der Waals surface area contributed by atoms with E-state index in [1.54, 1.807) is 29.9 Å². The lowest BCUT2D eigenvalue weighted by atomic mass is 10.2. The molecule has 0 bridgehead atoms. The van der Waals surface area contributed by atoms with Crippen molar-refractivity contribution in [2.24, 2.45) is 0 Å². The van der Waals surface area contributed by atoms with Gasteiger partial charge in [0.1, 0.15) is 0 Å². The smallest absolute Gasteiger partial charge is 0.0931 e. The highest BCUT2D eigenvalue weighted by Crippen LogP contribution is 2.29. The molecule has 0 saturated heterocycles. The standard InChI is InChI=1S/C11H12ClN3S/c1-2-14-11(8-7-13-5-6-15-8)9-3-4-10(12)16-9/h3-7,11,14H,2H2,1H3. The predicted molar refractivity (Wildman–Crippen MR) is 66.9 cm³/mol. The van der Waals surface area contributed by atoms with Crippen molar-refractivity contribution >= 4 is 22.9 Å². The third kappa shape index (κ3) is 2.58. The molecule has 5 heteroatoms. The summed E-state index contributed by atoms with van der Waals surface area (Å²) in [6.45, 7) is 2.94. The van der Waals surface area contributed by atoms with Gasteiger partial charge in [-0.25, -0.2) is 0 Å². The Balaban J connectivity index is 2.31. The fraction of sp³-hybridized carbons (Fsp3) is 0.273. The number of hydrogen-bond acceptors (Lipinski definition) is 4. The monoisotopic (exact) mass is 253 g/mol. The maximum atomic E-state index is 5.95. The average molecular weight is 254 g/mol. The first-order valence-corrected chi connectivity index (χ1v) is 6.25. The lowest BCUT2D eigenvalue weighted by Gasteiger charge is -2.14. The molecule has 2 aromatic heterocycles. The molecule has 0 amide bonds. The Kier molecular flexibility index (Phi) is 3.88. The topological polar surface area (TPSA) is 37.8 Å². The van der Waals surface area contributed by atoms with E-state index in [1.807, 2.05) is 12.1 Å². The van der Waals surface area contributed by atoms with Gasteiger partial charge in [-0.2, -0.15) is 0 Å². The maximum absolute atomic E-state index is 5.95. The molecule has 0 aliphatic heterocycles. The van der Waals surface area contributed by atoms with Crippen LogP contribution < -0.4 is 5.32 Å². The Hall–Kier alpha value is -0.970. The molecule has 0 aliphatic rings. The van der Waals surface area contributed by atoms with E-state index in [0.717, 1.165) is 21.5 Å². The van der Waals surface area contributed by atoms with Crippen LogP contribution in [0.4, 0.5) is 0 Å². The van der Waals surface area contributed by atoms with E-state index in [0.29, 0.717) is 0 Å². The van der Waals surface area contributed by atoms with E-state index >= 15 is 0 Å². The van der Waals surface area contributed by atoms with Gasteiger partial charge in [-0.3, -0.25) is 9.97 Å². The first kappa shape index (κ1) is 11.5. The Morgan fingerprint density at radius 3 is 2.88 bits per heavy atom. The van der Waals surface area contributed by atoms with Gasteiger partial charge in [0, 0.05) is 17.3 Å². The second kappa shape index (κ2) is 5.39. The molecule has 0 aliphatic carbocycles. The number of nitrogens with zero attached hydrogens (tertiary/aromatic N) is 2. The predicted octanol–water partition coefficient (Wildman–Crippen LogP) is 2.89. The third-order valence-corrected chi connectivity index (χ3v) is 3.46. The van der Waals surface area contributed by atoms with Crippen molar-refractivity contribution in [3.8, 4) is 0 Å². The van der Waals surface area contributed by atoms with Crippen LogP contribution >= 0.6 is 22.9 Å². The van der Waals surface area contributed by atoms with Crippen LogP contribution in [0, 0.1) is 0 Å². The first-order valence-electron chi connectivity index (χ1n) is 5.05. The summed E-state index contributed by atoms with van der Waals surface area (Å²) in [4.78, 5) is 9.57. The van der Waals surface area contributed by atoms with Crippen molar-refractivity contribution in [2.75, 3.05) is 6.54 Å². The molecule has 1 atom stereocenters. The molecular weight excluding hydrogens is 242 g/mol.